The van der Waals surface area contributed by atoms with Gasteiger partial charge in [-0.05, 0) is 51.0 Å². The molecule has 1 amide bonds. The molecule has 1 aliphatic heterocycles. The van der Waals surface area contributed by atoms with E-state index in [4.69, 9.17) is 9.47 Å². The van der Waals surface area contributed by atoms with Crippen LogP contribution in [0, 0.1) is 13.8 Å². The zero-order valence-electron chi connectivity index (χ0n) is 18.8. The smallest absolute Gasteiger partial charge is 0.253 e. The van der Waals surface area contributed by atoms with Crippen LogP contribution in [0.3, 0.4) is 0 Å². The first-order valence-electron chi connectivity index (χ1n) is 11.2. The van der Waals surface area contributed by atoms with Crippen molar-refractivity contribution in [2.45, 2.75) is 32.7 Å². The molecule has 4 aromatic rings. The minimum Gasteiger partial charge on any atom is -0.456 e. The van der Waals surface area contributed by atoms with Crippen LogP contribution in [0.4, 0.5) is 0 Å². The molecule has 1 atom stereocenters. The summed E-state index contributed by atoms with van der Waals surface area (Å²) in [6.45, 7) is 7.18. The molecule has 2 N–H and O–H groups in total. The summed E-state index contributed by atoms with van der Waals surface area (Å²) in [4.78, 5) is 19.6. The van der Waals surface area contributed by atoms with Gasteiger partial charge in [0, 0.05) is 51.2 Å². The molecule has 0 bridgehead atoms. The lowest BCUT2D eigenvalue weighted by molar-refractivity contribution is 0.0734. The van der Waals surface area contributed by atoms with Gasteiger partial charge in [0.25, 0.3) is 5.91 Å². The maximum absolute atomic E-state index is 12.9. The van der Waals surface area contributed by atoms with Crippen LogP contribution >= 0.6 is 22.7 Å². The molecule has 0 spiro atoms. The fourth-order valence-corrected chi connectivity index (χ4v) is 6.24. The van der Waals surface area contributed by atoms with Crippen LogP contribution in [-0.2, 0) is 4.74 Å². The van der Waals surface area contributed by atoms with E-state index in [0.717, 1.165) is 74.8 Å². The van der Waals surface area contributed by atoms with Gasteiger partial charge in [-0.1, -0.05) is 0 Å². The van der Waals surface area contributed by atoms with E-state index < -0.39 is 0 Å². The van der Waals surface area contributed by atoms with Gasteiger partial charge in [-0.2, -0.15) is 0 Å². The first-order valence-corrected chi connectivity index (χ1v) is 12.9. The van der Waals surface area contributed by atoms with Crippen molar-refractivity contribution >= 4 is 48.9 Å². The standard InChI is InChI=1S/C25H27N3O3S2/c1-15-12-20-24(32-15)21(7-9-27-20)31-18-5-6-19-22(13-18)33-16(2)23(19)25(29)28-8-3-4-17-14-30-11-10-26-17/h5-7,9,12-13,17,26H,3-4,8,10-11,14H2,1-2H3,(H,28,29). The molecule has 0 aliphatic carbocycles. The maximum atomic E-state index is 12.9. The minimum atomic E-state index is -0.00910. The molecule has 0 radical (unpaired) electrons. The largest absolute Gasteiger partial charge is 0.456 e. The molecule has 4 heterocycles. The van der Waals surface area contributed by atoms with Crippen molar-refractivity contribution in [3.8, 4) is 11.5 Å². The summed E-state index contributed by atoms with van der Waals surface area (Å²) >= 11 is 3.31. The highest BCUT2D eigenvalue weighted by molar-refractivity contribution is 7.19. The van der Waals surface area contributed by atoms with Crippen molar-refractivity contribution < 1.29 is 14.3 Å². The number of aryl methyl sites for hydroxylation is 2. The summed E-state index contributed by atoms with van der Waals surface area (Å²) < 4.78 is 13.8. The Kier molecular flexibility index (Phi) is 6.59. The number of rotatable bonds is 7. The number of pyridine rings is 1. The van der Waals surface area contributed by atoms with E-state index in [-0.39, 0.29) is 5.91 Å². The fraction of sp³-hybridized carbons (Fsp3) is 0.360. The van der Waals surface area contributed by atoms with Crippen molar-refractivity contribution in [3.63, 3.8) is 0 Å². The Bertz CT molecular complexity index is 1290. The number of carbonyl (C=O) groups is 1. The van der Waals surface area contributed by atoms with Crippen LogP contribution in [0.1, 0.15) is 33.0 Å². The van der Waals surface area contributed by atoms with Gasteiger partial charge in [0.1, 0.15) is 11.5 Å². The summed E-state index contributed by atoms with van der Waals surface area (Å²) in [6.07, 6.45) is 3.70. The highest BCUT2D eigenvalue weighted by Crippen LogP contribution is 2.38. The highest BCUT2D eigenvalue weighted by Gasteiger charge is 2.18. The molecule has 6 nitrogen and oxygen atoms in total. The number of ether oxygens (including phenoxy) is 2. The second kappa shape index (κ2) is 9.77. The second-order valence-electron chi connectivity index (χ2n) is 8.30. The van der Waals surface area contributed by atoms with Crippen LogP contribution < -0.4 is 15.4 Å². The molecule has 172 valence electrons. The van der Waals surface area contributed by atoms with Gasteiger partial charge < -0.3 is 20.1 Å². The zero-order valence-corrected chi connectivity index (χ0v) is 20.4. The predicted molar refractivity (Wildman–Crippen MR) is 135 cm³/mol. The third-order valence-electron chi connectivity index (χ3n) is 5.80. The second-order valence-corrected chi connectivity index (χ2v) is 10.8. The summed E-state index contributed by atoms with van der Waals surface area (Å²) in [7, 11) is 0. The van der Waals surface area contributed by atoms with Crippen molar-refractivity contribution in [1.82, 2.24) is 15.6 Å². The molecule has 33 heavy (non-hydrogen) atoms. The van der Waals surface area contributed by atoms with Crippen LogP contribution in [-0.4, -0.2) is 43.2 Å². The Labute approximate surface area is 200 Å². The molecular formula is C25H27N3O3S2. The molecule has 1 saturated heterocycles. The van der Waals surface area contributed by atoms with Crippen LogP contribution in [0.25, 0.3) is 20.3 Å². The lowest BCUT2D eigenvalue weighted by atomic mass is 10.1. The molecular weight excluding hydrogens is 454 g/mol. The molecule has 1 unspecified atom stereocenters. The topological polar surface area (TPSA) is 72.5 Å². The predicted octanol–water partition coefficient (Wildman–Crippen LogP) is 5.42. The van der Waals surface area contributed by atoms with E-state index in [0.29, 0.717) is 12.6 Å². The summed E-state index contributed by atoms with van der Waals surface area (Å²) in [5.41, 5.74) is 1.72. The number of hydrogen-bond acceptors (Lipinski definition) is 7. The van der Waals surface area contributed by atoms with Crippen LogP contribution in [0.15, 0.2) is 36.5 Å². The third kappa shape index (κ3) is 4.89. The van der Waals surface area contributed by atoms with Gasteiger partial charge in [-0.25, -0.2) is 0 Å². The molecule has 5 rings (SSSR count). The van der Waals surface area contributed by atoms with Crippen molar-refractivity contribution in [2.75, 3.05) is 26.3 Å². The number of amides is 1. The molecule has 1 aliphatic rings. The quantitative estimate of drug-likeness (QED) is 0.345. The maximum Gasteiger partial charge on any atom is 0.253 e. The van der Waals surface area contributed by atoms with Crippen molar-refractivity contribution in [1.29, 1.82) is 0 Å². The van der Waals surface area contributed by atoms with E-state index >= 15 is 0 Å². The van der Waals surface area contributed by atoms with Gasteiger partial charge >= 0.3 is 0 Å². The summed E-state index contributed by atoms with van der Waals surface area (Å²) in [5.74, 6) is 1.56. The van der Waals surface area contributed by atoms with Gasteiger partial charge in [-0.15, -0.1) is 22.7 Å². The molecule has 1 aromatic carbocycles. The number of benzene rings is 1. The summed E-state index contributed by atoms with van der Waals surface area (Å²) in [5, 5.41) is 7.52. The Morgan fingerprint density at radius 1 is 1.27 bits per heavy atom. The number of fused-ring (bicyclic) bond motifs is 2. The number of aromatic nitrogens is 1. The first kappa shape index (κ1) is 22.3. The Hall–Kier alpha value is -2.52. The minimum absolute atomic E-state index is 0.00910. The average molecular weight is 482 g/mol. The SMILES string of the molecule is Cc1cc2nccc(Oc3ccc4c(C(=O)NCCCC5COCCN5)c(C)sc4c3)c2s1. The summed E-state index contributed by atoms with van der Waals surface area (Å²) in [6, 6.07) is 10.3. The van der Waals surface area contributed by atoms with E-state index in [2.05, 4.69) is 28.6 Å². The molecule has 0 saturated carbocycles. The normalized spacial score (nSPS) is 16.4. The monoisotopic (exact) mass is 481 g/mol. The van der Waals surface area contributed by atoms with E-state index in [1.807, 2.05) is 31.2 Å². The Balaban J connectivity index is 1.27. The third-order valence-corrected chi connectivity index (χ3v) is 7.93. The molecule has 1 fully saturated rings. The number of carbonyl (C=O) groups excluding carboxylic acids is 1. The van der Waals surface area contributed by atoms with Gasteiger partial charge in [-0.3, -0.25) is 9.78 Å². The van der Waals surface area contributed by atoms with E-state index in [1.165, 1.54) is 4.88 Å². The lowest BCUT2D eigenvalue weighted by Gasteiger charge is -2.23. The van der Waals surface area contributed by atoms with E-state index in [1.54, 1.807) is 28.9 Å². The van der Waals surface area contributed by atoms with Gasteiger partial charge in [0.05, 0.1) is 29.0 Å². The van der Waals surface area contributed by atoms with Crippen LogP contribution in [0.5, 0.6) is 11.5 Å². The zero-order chi connectivity index (χ0) is 22.8. The van der Waals surface area contributed by atoms with Crippen molar-refractivity contribution in [2.24, 2.45) is 0 Å². The molecule has 8 heteroatoms. The Morgan fingerprint density at radius 2 is 2.18 bits per heavy atom. The lowest BCUT2D eigenvalue weighted by Crippen LogP contribution is -2.41. The highest BCUT2D eigenvalue weighted by atomic mass is 32.1. The number of thiophene rings is 2. The number of hydrogen-bond donors (Lipinski definition) is 2. The van der Waals surface area contributed by atoms with Gasteiger partial charge in [0.15, 0.2) is 0 Å². The molecule has 3 aromatic heterocycles. The van der Waals surface area contributed by atoms with E-state index in [9.17, 15) is 4.79 Å². The van der Waals surface area contributed by atoms with Crippen LogP contribution in [0.2, 0.25) is 0 Å². The first-order chi connectivity index (χ1) is 16.1. The Morgan fingerprint density at radius 3 is 3.03 bits per heavy atom. The number of morpholine rings is 1. The van der Waals surface area contributed by atoms with Gasteiger partial charge in [0.2, 0.25) is 0 Å². The number of nitrogens with one attached hydrogen (secondary N) is 2. The number of nitrogens with zero attached hydrogens (tertiary/aromatic N) is 1. The average Bonchev–Trinajstić information content (AvgIpc) is 3.35. The fourth-order valence-electron chi connectivity index (χ4n) is 4.23. The van der Waals surface area contributed by atoms with Crippen molar-refractivity contribution in [3.05, 3.63) is 51.8 Å².